The molecule has 0 bridgehead atoms. The van der Waals surface area contributed by atoms with Gasteiger partial charge in [0.2, 0.25) is 0 Å². The number of amides is 2. The first-order chi connectivity index (χ1) is 11.5. The average Bonchev–Trinajstić information content (AvgIpc) is 3.26. The van der Waals surface area contributed by atoms with Crippen LogP contribution in [0.5, 0.6) is 0 Å². The van der Waals surface area contributed by atoms with Crippen molar-refractivity contribution in [1.82, 2.24) is 9.80 Å². The molecule has 0 radical (unpaired) electrons. The molecule has 0 N–H and O–H groups in total. The second-order valence-electron chi connectivity index (χ2n) is 6.20. The lowest BCUT2D eigenvalue weighted by Gasteiger charge is -2.32. The second kappa shape index (κ2) is 8.21. The van der Waals surface area contributed by atoms with E-state index in [1.807, 2.05) is 0 Å². The summed E-state index contributed by atoms with van der Waals surface area (Å²) in [6, 6.07) is -0.341. The first-order valence-corrected chi connectivity index (χ1v) is 8.30. The van der Waals surface area contributed by atoms with E-state index in [4.69, 9.17) is 14.2 Å². The van der Waals surface area contributed by atoms with Gasteiger partial charge >= 0.3 is 18.2 Å². The average molecular weight is 342 g/mol. The van der Waals surface area contributed by atoms with Crippen LogP contribution in [0.4, 0.5) is 9.59 Å². The number of carbonyl (C=O) groups is 3. The van der Waals surface area contributed by atoms with Crippen LogP contribution in [-0.2, 0) is 19.0 Å². The van der Waals surface area contributed by atoms with Crippen molar-refractivity contribution >= 4 is 18.2 Å². The molecule has 8 nitrogen and oxygen atoms in total. The zero-order valence-corrected chi connectivity index (χ0v) is 14.5. The van der Waals surface area contributed by atoms with Gasteiger partial charge in [0, 0.05) is 25.2 Å². The van der Waals surface area contributed by atoms with Gasteiger partial charge in [-0.2, -0.15) is 0 Å². The lowest BCUT2D eigenvalue weighted by molar-refractivity contribution is -0.148. The summed E-state index contributed by atoms with van der Waals surface area (Å²) in [6.07, 6.45) is 2.88. The number of carbonyl (C=O) groups excluding carboxylic acids is 3. The molecule has 2 aliphatic heterocycles. The van der Waals surface area contributed by atoms with Crippen LogP contribution >= 0.6 is 0 Å². The highest BCUT2D eigenvalue weighted by molar-refractivity contribution is 5.76. The molecular weight excluding hydrogens is 316 g/mol. The fourth-order valence-electron chi connectivity index (χ4n) is 3.85. The summed E-state index contributed by atoms with van der Waals surface area (Å²) in [6.45, 7) is 1.19. The fraction of sp³-hybridized carbons (Fsp3) is 0.812. The molecule has 2 heterocycles. The summed E-state index contributed by atoms with van der Waals surface area (Å²) in [5.74, 6) is -0.834. The molecule has 0 aromatic rings. The van der Waals surface area contributed by atoms with Crippen LogP contribution < -0.4 is 0 Å². The predicted octanol–water partition coefficient (Wildman–Crippen LogP) is 1.63. The van der Waals surface area contributed by atoms with Crippen LogP contribution in [0, 0.1) is 5.92 Å². The number of hydrogen-bond acceptors (Lipinski definition) is 6. The molecular formula is C16H26N2O6. The Hall–Kier alpha value is -1.99. The molecule has 0 saturated carbocycles. The molecule has 2 rings (SSSR count). The molecule has 3 unspecified atom stereocenters. The quantitative estimate of drug-likeness (QED) is 0.570. The van der Waals surface area contributed by atoms with Crippen LogP contribution in [0.2, 0.25) is 0 Å². The molecule has 8 heteroatoms. The van der Waals surface area contributed by atoms with Crippen molar-refractivity contribution < 1.29 is 28.6 Å². The van der Waals surface area contributed by atoms with Gasteiger partial charge in [0.1, 0.15) is 0 Å². The van der Waals surface area contributed by atoms with Gasteiger partial charge < -0.3 is 24.0 Å². The molecule has 3 atom stereocenters. The Bertz CT molecular complexity index is 483. The van der Waals surface area contributed by atoms with Crippen LogP contribution in [0.3, 0.4) is 0 Å². The SMILES string of the molecule is COC(=O)C(CC1CCCN1C(=O)OC)C1CCCN1C(=O)OC. The molecule has 0 aliphatic carbocycles. The molecule has 0 aromatic carbocycles. The third kappa shape index (κ3) is 3.73. The number of hydrogen-bond donors (Lipinski definition) is 0. The topological polar surface area (TPSA) is 85.4 Å². The highest BCUT2D eigenvalue weighted by Crippen LogP contribution is 2.32. The first kappa shape index (κ1) is 18.4. The summed E-state index contributed by atoms with van der Waals surface area (Å²) in [5, 5.41) is 0. The van der Waals surface area contributed by atoms with Crippen molar-refractivity contribution in [2.24, 2.45) is 5.92 Å². The highest BCUT2D eigenvalue weighted by Gasteiger charge is 2.42. The van der Waals surface area contributed by atoms with E-state index in [2.05, 4.69) is 0 Å². The molecule has 0 spiro atoms. The molecule has 136 valence electrons. The Balaban J connectivity index is 2.15. The van der Waals surface area contributed by atoms with Gasteiger partial charge in [0.05, 0.1) is 27.2 Å². The third-order valence-corrected chi connectivity index (χ3v) is 4.99. The molecule has 2 aliphatic rings. The summed E-state index contributed by atoms with van der Waals surface area (Å²) in [4.78, 5) is 39.5. The minimum atomic E-state index is -0.480. The van der Waals surface area contributed by atoms with E-state index < -0.39 is 12.0 Å². The normalized spacial score (nSPS) is 24.6. The zero-order chi connectivity index (χ0) is 17.7. The second-order valence-corrected chi connectivity index (χ2v) is 6.20. The Morgan fingerprint density at radius 3 is 2.12 bits per heavy atom. The minimum Gasteiger partial charge on any atom is -0.469 e. The van der Waals surface area contributed by atoms with Crippen molar-refractivity contribution in [1.29, 1.82) is 0 Å². The highest BCUT2D eigenvalue weighted by atomic mass is 16.5. The molecule has 24 heavy (non-hydrogen) atoms. The third-order valence-electron chi connectivity index (χ3n) is 4.99. The predicted molar refractivity (Wildman–Crippen MR) is 84.4 cm³/mol. The number of esters is 1. The van der Waals surface area contributed by atoms with Crippen LogP contribution in [0.1, 0.15) is 32.1 Å². The van der Waals surface area contributed by atoms with Gasteiger partial charge in [-0.15, -0.1) is 0 Å². The lowest BCUT2D eigenvalue weighted by atomic mass is 9.89. The standard InChI is InChI=1S/C16H26N2O6/c1-22-14(19)12(13-7-5-9-18(13)16(21)24-3)10-11-6-4-8-17(11)15(20)23-2/h11-13H,4-10H2,1-3H3. The fourth-order valence-corrected chi connectivity index (χ4v) is 3.85. The maximum Gasteiger partial charge on any atom is 0.409 e. The number of ether oxygens (including phenoxy) is 3. The minimum absolute atomic E-state index is 0.0818. The van der Waals surface area contributed by atoms with Gasteiger partial charge in [-0.1, -0.05) is 0 Å². The molecule has 2 saturated heterocycles. The Labute approximate surface area is 142 Å². The maximum absolute atomic E-state index is 12.4. The van der Waals surface area contributed by atoms with Crippen molar-refractivity contribution in [3.05, 3.63) is 0 Å². The molecule has 0 aromatic heterocycles. The van der Waals surface area contributed by atoms with E-state index >= 15 is 0 Å². The van der Waals surface area contributed by atoms with E-state index in [9.17, 15) is 14.4 Å². The van der Waals surface area contributed by atoms with Crippen LogP contribution in [0.25, 0.3) is 0 Å². The van der Waals surface area contributed by atoms with Crippen LogP contribution in [-0.4, -0.2) is 74.5 Å². The Morgan fingerprint density at radius 2 is 1.50 bits per heavy atom. The monoisotopic (exact) mass is 342 g/mol. The van der Waals surface area contributed by atoms with Crippen molar-refractivity contribution in [2.45, 2.75) is 44.2 Å². The summed E-state index contributed by atoms with van der Waals surface area (Å²) in [7, 11) is 4.03. The number of methoxy groups -OCH3 is 3. The maximum atomic E-state index is 12.4. The lowest BCUT2D eigenvalue weighted by Crippen LogP contribution is -2.46. The summed E-state index contributed by atoms with van der Waals surface area (Å²) < 4.78 is 14.6. The Morgan fingerprint density at radius 1 is 0.917 bits per heavy atom. The molecule has 2 fully saturated rings. The van der Waals surface area contributed by atoms with Crippen molar-refractivity contribution in [3.63, 3.8) is 0 Å². The smallest absolute Gasteiger partial charge is 0.409 e. The van der Waals surface area contributed by atoms with E-state index in [1.54, 1.807) is 9.80 Å². The number of nitrogens with zero attached hydrogens (tertiary/aromatic N) is 2. The summed E-state index contributed by atoms with van der Waals surface area (Å²) in [5.41, 5.74) is 0. The summed E-state index contributed by atoms with van der Waals surface area (Å²) >= 11 is 0. The Kier molecular flexibility index (Phi) is 6.28. The van der Waals surface area contributed by atoms with Gasteiger partial charge in [0.25, 0.3) is 0 Å². The van der Waals surface area contributed by atoms with E-state index in [0.29, 0.717) is 19.5 Å². The largest absolute Gasteiger partial charge is 0.469 e. The number of rotatable bonds is 4. The van der Waals surface area contributed by atoms with Crippen molar-refractivity contribution in [2.75, 3.05) is 34.4 Å². The van der Waals surface area contributed by atoms with E-state index in [1.165, 1.54) is 21.3 Å². The van der Waals surface area contributed by atoms with Gasteiger partial charge in [-0.25, -0.2) is 9.59 Å². The molecule has 2 amide bonds. The van der Waals surface area contributed by atoms with Crippen LogP contribution in [0.15, 0.2) is 0 Å². The van der Waals surface area contributed by atoms with Crippen molar-refractivity contribution in [3.8, 4) is 0 Å². The number of likely N-dealkylation sites (tertiary alicyclic amines) is 2. The van der Waals surface area contributed by atoms with Gasteiger partial charge in [-0.3, -0.25) is 4.79 Å². The van der Waals surface area contributed by atoms with E-state index in [-0.39, 0.29) is 24.1 Å². The van der Waals surface area contributed by atoms with Gasteiger partial charge in [0.15, 0.2) is 0 Å². The van der Waals surface area contributed by atoms with Gasteiger partial charge in [-0.05, 0) is 32.1 Å². The zero-order valence-electron chi connectivity index (χ0n) is 14.5. The van der Waals surface area contributed by atoms with E-state index in [0.717, 1.165) is 25.7 Å². The first-order valence-electron chi connectivity index (χ1n) is 8.30.